The number of nitrogens with zero attached hydrogens (tertiary/aromatic N) is 5. The van der Waals surface area contributed by atoms with Crippen molar-refractivity contribution in [2.45, 2.75) is 44.8 Å². The Morgan fingerprint density at radius 2 is 2.23 bits per heavy atom. The van der Waals surface area contributed by atoms with Crippen LogP contribution >= 0.6 is 11.6 Å². The summed E-state index contributed by atoms with van der Waals surface area (Å²) in [4.78, 5) is 8.38. The zero-order valence-corrected chi connectivity index (χ0v) is 14.0. The van der Waals surface area contributed by atoms with Crippen LogP contribution in [-0.4, -0.2) is 45.4 Å². The van der Waals surface area contributed by atoms with E-state index in [0.717, 1.165) is 0 Å². The van der Waals surface area contributed by atoms with Crippen LogP contribution in [-0.2, 0) is 0 Å². The number of hydrogen-bond donors (Lipinski definition) is 1. The lowest BCUT2D eigenvalue weighted by Crippen LogP contribution is -2.53. The number of rotatable bonds is 4. The number of aromatic nitrogens is 2. The van der Waals surface area contributed by atoms with Crippen LogP contribution < -0.4 is 10.1 Å². The van der Waals surface area contributed by atoms with Crippen LogP contribution in [0.5, 0.6) is 5.88 Å². The van der Waals surface area contributed by atoms with E-state index in [-0.39, 0.29) is 6.04 Å². The van der Waals surface area contributed by atoms with E-state index in [9.17, 15) is 5.26 Å². The lowest BCUT2D eigenvalue weighted by atomic mass is 9.93. The summed E-state index contributed by atoms with van der Waals surface area (Å²) in [6, 6.07) is 2.19. The Hall–Kier alpha value is -2.07. The van der Waals surface area contributed by atoms with Gasteiger partial charge in [-0.15, -0.1) is 0 Å². The maximum Gasteiger partial charge on any atom is 0.237 e. The Morgan fingerprint density at radius 3 is 2.82 bits per heavy atom. The molecule has 1 aromatic rings. The molecule has 22 heavy (non-hydrogen) atoms. The topological polar surface area (TPSA) is 86.4 Å². The molecule has 2 heterocycles. The Morgan fingerprint density at radius 1 is 1.55 bits per heavy atom. The second kappa shape index (κ2) is 5.61. The van der Waals surface area contributed by atoms with E-state index < -0.39 is 11.1 Å². The molecule has 0 saturated carbocycles. The molecule has 0 radical (unpaired) electrons. The SMILES string of the molecule is COc1nc(N[C@]2(C)C=NN(C(C)(C)C#N)C2C)ncc1Cl. The van der Waals surface area contributed by atoms with Crippen molar-refractivity contribution in [3.8, 4) is 11.9 Å². The molecule has 1 unspecified atom stereocenters. The summed E-state index contributed by atoms with van der Waals surface area (Å²) in [5.41, 5.74) is -1.22. The first-order chi connectivity index (χ1) is 10.2. The Bertz CT molecular complexity index is 641. The van der Waals surface area contributed by atoms with Gasteiger partial charge in [-0.2, -0.15) is 15.3 Å². The number of nitrogens with one attached hydrogen (secondary N) is 1. The Balaban J connectivity index is 2.24. The van der Waals surface area contributed by atoms with Gasteiger partial charge in [0, 0.05) is 0 Å². The molecule has 8 heteroatoms. The maximum absolute atomic E-state index is 9.29. The molecule has 1 aliphatic rings. The van der Waals surface area contributed by atoms with Gasteiger partial charge in [0.05, 0.1) is 37.2 Å². The molecule has 1 N–H and O–H groups in total. The van der Waals surface area contributed by atoms with E-state index in [1.54, 1.807) is 11.2 Å². The van der Waals surface area contributed by atoms with Gasteiger partial charge in [-0.25, -0.2) is 4.98 Å². The number of hydrazone groups is 1. The third kappa shape index (κ3) is 2.79. The molecule has 2 rings (SSSR count). The van der Waals surface area contributed by atoms with E-state index in [2.05, 4.69) is 26.5 Å². The van der Waals surface area contributed by atoms with E-state index >= 15 is 0 Å². The van der Waals surface area contributed by atoms with Crippen LogP contribution in [0.2, 0.25) is 5.02 Å². The second-order valence-electron chi connectivity index (χ2n) is 5.89. The van der Waals surface area contributed by atoms with Crippen molar-refractivity contribution >= 4 is 23.8 Å². The predicted octanol–water partition coefficient (Wildman–Crippen LogP) is 2.30. The van der Waals surface area contributed by atoms with Gasteiger partial charge < -0.3 is 10.1 Å². The minimum atomic E-state index is -0.700. The zero-order valence-electron chi connectivity index (χ0n) is 13.3. The highest BCUT2D eigenvalue weighted by Crippen LogP contribution is 2.31. The first kappa shape index (κ1) is 16.3. The standard InChI is InChI=1S/C14H19ClN6O/c1-9-14(4,8-18-21(9)13(2,3)7-16)20-12-17-6-10(15)11(19-12)22-5/h6,8-9H,1-5H3,(H,17,19,20)/t9?,14-/m1/s1. The van der Waals surface area contributed by atoms with Crippen molar-refractivity contribution in [2.75, 3.05) is 12.4 Å². The molecule has 0 amide bonds. The number of anilines is 1. The molecule has 0 aromatic carbocycles. The fraction of sp³-hybridized carbons (Fsp3) is 0.571. The molecule has 0 bridgehead atoms. The Kier molecular flexibility index (Phi) is 4.16. The second-order valence-corrected chi connectivity index (χ2v) is 6.30. The minimum absolute atomic E-state index is 0.0626. The quantitative estimate of drug-likeness (QED) is 0.915. The first-order valence-corrected chi connectivity index (χ1v) is 7.22. The van der Waals surface area contributed by atoms with E-state index in [1.165, 1.54) is 13.3 Å². The van der Waals surface area contributed by atoms with Gasteiger partial charge in [0.1, 0.15) is 10.6 Å². The van der Waals surface area contributed by atoms with Crippen molar-refractivity contribution in [1.82, 2.24) is 15.0 Å². The van der Waals surface area contributed by atoms with E-state index in [4.69, 9.17) is 16.3 Å². The van der Waals surface area contributed by atoms with Gasteiger partial charge in [-0.05, 0) is 27.7 Å². The third-order valence-corrected chi connectivity index (χ3v) is 4.08. The molecule has 0 aliphatic carbocycles. The summed E-state index contributed by atoms with van der Waals surface area (Å²) in [6.45, 7) is 7.62. The van der Waals surface area contributed by atoms with Gasteiger partial charge in [0.2, 0.25) is 11.8 Å². The van der Waals surface area contributed by atoms with E-state index in [0.29, 0.717) is 16.9 Å². The van der Waals surface area contributed by atoms with Gasteiger partial charge in [-0.3, -0.25) is 5.01 Å². The normalized spacial score (nSPS) is 24.2. The highest BCUT2D eigenvalue weighted by molar-refractivity contribution is 6.31. The van der Waals surface area contributed by atoms with Gasteiger partial charge in [0.15, 0.2) is 0 Å². The molecule has 2 atom stereocenters. The van der Waals surface area contributed by atoms with Crippen molar-refractivity contribution in [2.24, 2.45) is 5.10 Å². The number of methoxy groups -OCH3 is 1. The summed E-state index contributed by atoms with van der Waals surface area (Å²) >= 11 is 5.93. The average Bonchev–Trinajstić information content (AvgIpc) is 2.77. The highest BCUT2D eigenvalue weighted by Gasteiger charge is 2.44. The highest BCUT2D eigenvalue weighted by atomic mass is 35.5. The van der Waals surface area contributed by atoms with Crippen molar-refractivity contribution in [1.29, 1.82) is 5.26 Å². The summed E-state index contributed by atoms with van der Waals surface area (Å²) in [5.74, 6) is 0.693. The number of halogens is 1. The van der Waals surface area contributed by atoms with Crippen LogP contribution in [0.25, 0.3) is 0 Å². The monoisotopic (exact) mass is 322 g/mol. The number of ether oxygens (including phenoxy) is 1. The summed E-state index contributed by atoms with van der Waals surface area (Å²) in [7, 11) is 1.50. The van der Waals surface area contributed by atoms with Crippen LogP contribution in [0.4, 0.5) is 5.95 Å². The first-order valence-electron chi connectivity index (χ1n) is 6.84. The fourth-order valence-corrected chi connectivity index (χ4v) is 2.42. The van der Waals surface area contributed by atoms with Crippen molar-refractivity contribution in [3.05, 3.63) is 11.2 Å². The lowest BCUT2D eigenvalue weighted by molar-refractivity contribution is 0.123. The van der Waals surface area contributed by atoms with Gasteiger partial charge in [-0.1, -0.05) is 11.6 Å². The average molecular weight is 323 g/mol. The smallest absolute Gasteiger partial charge is 0.237 e. The third-order valence-electron chi connectivity index (χ3n) is 3.82. The number of hydrogen-bond acceptors (Lipinski definition) is 7. The van der Waals surface area contributed by atoms with Gasteiger partial charge in [0.25, 0.3) is 0 Å². The molecular weight excluding hydrogens is 304 g/mol. The molecule has 0 saturated heterocycles. The maximum atomic E-state index is 9.29. The summed E-state index contributed by atoms with van der Waals surface area (Å²) in [5, 5.41) is 19.0. The van der Waals surface area contributed by atoms with Crippen LogP contribution in [0, 0.1) is 11.3 Å². The molecule has 7 nitrogen and oxygen atoms in total. The van der Waals surface area contributed by atoms with Crippen LogP contribution in [0.1, 0.15) is 27.7 Å². The molecule has 0 spiro atoms. The molecule has 0 fully saturated rings. The molecule has 118 valence electrons. The van der Waals surface area contributed by atoms with Gasteiger partial charge >= 0.3 is 0 Å². The largest absolute Gasteiger partial charge is 0.480 e. The Labute approximate surface area is 134 Å². The van der Waals surface area contributed by atoms with Crippen molar-refractivity contribution < 1.29 is 4.74 Å². The van der Waals surface area contributed by atoms with Crippen LogP contribution in [0.15, 0.2) is 11.3 Å². The summed E-state index contributed by atoms with van der Waals surface area (Å²) in [6.07, 6.45) is 3.24. The molecule has 1 aromatic heterocycles. The lowest BCUT2D eigenvalue weighted by Gasteiger charge is -2.37. The predicted molar refractivity (Wildman–Crippen MR) is 85.1 cm³/mol. The molecule has 1 aliphatic heterocycles. The van der Waals surface area contributed by atoms with Crippen molar-refractivity contribution in [3.63, 3.8) is 0 Å². The fourth-order valence-electron chi connectivity index (χ4n) is 2.26. The summed E-state index contributed by atoms with van der Waals surface area (Å²) < 4.78 is 5.09. The molecular formula is C14H19ClN6O. The van der Waals surface area contributed by atoms with E-state index in [1.807, 2.05) is 27.7 Å². The van der Waals surface area contributed by atoms with Crippen LogP contribution in [0.3, 0.4) is 0 Å². The zero-order chi connectivity index (χ0) is 16.5. The minimum Gasteiger partial charge on any atom is -0.480 e. The number of nitriles is 1.